The van der Waals surface area contributed by atoms with Crippen LogP contribution in [0.25, 0.3) is 0 Å². The van der Waals surface area contributed by atoms with Gasteiger partial charge in [-0.1, -0.05) is 39.2 Å². The van der Waals surface area contributed by atoms with Gasteiger partial charge in [-0.15, -0.1) is 6.42 Å². The van der Waals surface area contributed by atoms with E-state index in [0.29, 0.717) is 11.8 Å². The molecule has 0 heterocycles. The normalized spacial score (nSPS) is 12.8. The summed E-state index contributed by atoms with van der Waals surface area (Å²) in [4.78, 5) is 0. The molecule has 0 aliphatic carbocycles. The van der Waals surface area contributed by atoms with E-state index in [1.807, 2.05) is 0 Å². The van der Waals surface area contributed by atoms with Crippen LogP contribution in [-0.2, 0) is 0 Å². The molecule has 68 valence electrons. The van der Waals surface area contributed by atoms with Gasteiger partial charge < -0.3 is 5.11 Å². The Morgan fingerprint density at radius 2 is 1.67 bits per heavy atom. The van der Waals surface area contributed by atoms with Crippen molar-refractivity contribution in [3.8, 4) is 12.3 Å². The predicted molar refractivity (Wildman–Crippen MR) is 52.6 cm³/mol. The summed E-state index contributed by atoms with van der Waals surface area (Å²) in [5, 5.41) is 9.21. The van der Waals surface area contributed by atoms with E-state index in [1.54, 1.807) is 6.08 Å². The zero-order valence-corrected chi connectivity index (χ0v) is 8.33. The van der Waals surface area contributed by atoms with E-state index in [4.69, 9.17) is 6.42 Å². The molecular weight excluding hydrogens is 148 g/mol. The maximum absolute atomic E-state index is 9.21. The summed E-state index contributed by atoms with van der Waals surface area (Å²) in [6.45, 7) is 8.42. The molecule has 0 aliphatic rings. The van der Waals surface area contributed by atoms with Crippen LogP contribution in [0.15, 0.2) is 11.6 Å². The Morgan fingerprint density at radius 1 is 1.25 bits per heavy atom. The van der Waals surface area contributed by atoms with E-state index in [1.165, 1.54) is 5.57 Å². The Morgan fingerprint density at radius 3 is 1.92 bits per heavy atom. The summed E-state index contributed by atoms with van der Waals surface area (Å²) in [7, 11) is 0. The molecule has 1 N–H and O–H groups in total. The molecule has 0 spiro atoms. The predicted octanol–water partition coefficient (Wildman–Crippen LogP) is 2.22. The lowest BCUT2D eigenvalue weighted by Crippen LogP contribution is -2.07. The van der Waals surface area contributed by atoms with Crippen LogP contribution < -0.4 is 0 Å². The van der Waals surface area contributed by atoms with Crippen molar-refractivity contribution < 1.29 is 5.11 Å². The standard InChI is InChI=1S/C11H18O/c1-6-10(12)7-11(8(2)3)9(4)5/h1,7-10,12H,2-5H3. The largest absolute Gasteiger partial charge is 0.377 e. The molecule has 1 heteroatoms. The van der Waals surface area contributed by atoms with Crippen LogP contribution >= 0.6 is 0 Å². The highest BCUT2D eigenvalue weighted by Gasteiger charge is 2.08. The topological polar surface area (TPSA) is 20.2 Å². The van der Waals surface area contributed by atoms with Gasteiger partial charge in [-0.25, -0.2) is 0 Å². The number of aliphatic hydroxyl groups excluding tert-OH is 1. The molecule has 0 fully saturated rings. The first-order valence-corrected chi connectivity index (χ1v) is 4.34. The molecule has 0 amide bonds. The van der Waals surface area contributed by atoms with Gasteiger partial charge in [0, 0.05) is 0 Å². The van der Waals surface area contributed by atoms with Gasteiger partial charge in [0.05, 0.1) is 0 Å². The molecule has 1 atom stereocenters. The van der Waals surface area contributed by atoms with E-state index in [0.717, 1.165) is 0 Å². The van der Waals surface area contributed by atoms with E-state index in [-0.39, 0.29) is 0 Å². The molecule has 1 unspecified atom stereocenters. The SMILES string of the molecule is C#CC(O)C=C(C(C)C)C(C)C. The maximum Gasteiger partial charge on any atom is 0.133 e. The van der Waals surface area contributed by atoms with Gasteiger partial charge in [-0.3, -0.25) is 0 Å². The molecule has 0 saturated carbocycles. The Bertz CT molecular complexity index is 184. The Kier molecular flexibility index (Phi) is 4.70. The number of aliphatic hydroxyl groups is 1. The molecule has 0 aromatic carbocycles. The fourth-order valence-electron chi connectivity index (χ4n) is 1.28. The third kappa shape index (κ3) is 3.59. The Labute approximate surface area is 75.5 Å². The van der Waals surface area contributed by atoms with Crippen molar-refractivity contribution >= 4 is 0 Å². The van der Waals surface area contributed by atoms with Gasteiger partial charge in [0.1, 0.15) is 6.10 Å². The molecule has 0 aromatic heterocycles. The van der Waals surface area contributed by atoms with Crippen LogP contribution in [0.1, 0.15) is 27.7 Å². The van der Waals surface area contributed by atoms with E-state index >= 15 is 0 Å². The average molecular weight is 166 g/mol. The minimum Gasteiger partial charge on any atom is -0.377 e. The fraction of sp³-hybridized carbons (Fsp3) is 0.636. The van der Waals surface area contributed by atoms with Crippen molar-refractivity contribution in [3.63, 3.8) is 0 Å². The second kappa shape index (κ2) is 5.00. The zero-order chi connectivity index (χ0) is 9.72. The summed E-state index contributed by atoms with van der Waals surface area (Å²) in [6.07, 6.45) is 6.12. The fourth-order valence-corrected chi connectivity index (χ4v) is 1.28. The summed E-state index contributed by atoms with van der Waals surface area (Å²) in [5.74, 6) is 3.19. The van der Waals surface area contributed by atoms with Crippen LogP contribution in [0.3, 0.4) is 0 Å². The van der Waals surface area contributed by atoms with Gasteiger partial charge in [0.25, 0.3) is 0 Å². The molecular formula is C11H18O. The van der Waals surface area contributed by atoms with Gasteiger partial charge in [-0.05, 0) is 17.9 Å². The second-order valence-corrected chi connectivity index (χ2v) is 3.59. The highest BCUT2D eigenvalue weighted by molar-refractivity contribution is 5.16. The van der Waals surface area contributed by atoms with Crippen molar-refractivity contribution in [3.05, 3.63) is 11.6 Å². The molecule has 0 bridgehead atoms. The smallest absolute Gasteiger partial charge is 0.133 e. The van der Waals surface area contributed by atoms with Crippen molar-refractivity contribution in [2.75, 3.05) is 0 Å². The van der Waals surface area contributed by atoms with E-state index in [9.17, 15) is 5.11 Å². The molecule has 0 aromatic rings. The number of allylic oxidation sites excluding steroid dienone is 1. The lowest BCUT2D eigenvalue weighted by molar-refractivity contribution is 0.277. The van der Waals surface area contributed by atoms with Crippen LogP contribution in [-0.4, -0.2) is 11.2 Å². The second-order valence-electron chi connectivity index (χ2n) is 3.59. The summed E-state index contributed by atoms with van der Waals surface area (Å²) in [5.41, 5.74) is 1.22. The zero-order valence-electron chi connectivity index (χ0n) is 8.33. The lowest BCUT2D eigenvalue weighted by atomic mass is 9.91. The number of terminal acetylenes is 1. The molecule has 0 rings (SSSR count). The Balaban J connectivity index is 4.52. The first-order chi connectivity index (χ1) is 5.49. The van der Waals surface area contributed by atoms with Crippen LogP contribution in [0.4, 0.5) is 0 Å². The minimum absolute atomic E-state index is 0.452. The first-order valence-electron chi connectivity index (χ1n) is 4.34. The van der Waals surface area contributed by atoms with E-state index in [2.05, 4.69) is 33.6 Å². The molecule has 12 heavy (non-hydrogen) atoms. The van der Waals surface area contributed by atoms with Crippen molar-refractivity contribution in [2.24, 2.45) is 11.8 Å². The molecule has 1 nitrogen and oxygen atoms in total. The van der Waals surface area contributed by atoms with Crippen LogP contribution in [0, 0.1) is 24.2 Å². The Hall–Kier alpha value is -0.740. The molecule has 0 saturated heterocycles. The molecule has 0 aliphatic heterocycles. The third-order valence-corrected chi connectivity index (χ3v) is 1.85. The highest BCUT2D eigenvalue weighted by Crippen LogP contribution is 2.19. The maximum atomic E-state index is 9.21. The average Bonchev–Trinajstić information content (AvgIpc) is 1.98. The quantitative estimate of drug-likeness (QED) is 0.503. The van der Waals surface area contributed by atoms with Gasteiger partial charge in [0.15, 0.2) is 0 Å². The lowest BCUT2D eigenvalue weighted by Gasteiger charge is -2.15. The van der Waals surface area contributed by atoms with E-state index < -0.39 is 6.10 Å². The third-order valence-electron chi connectivity index (χ3n) is 1.85. The van der Waals surface area contributed by atoms with Gasteiger partial charge in [0.2, 0.25) is 0 Å². The van der Waals surface area contributed by atoms with Crippen LogP contribution in [0.2, 0.25) is 0 Å². The first kappa shape index (κ1) is 11.3. The molecule has 0 radical (unpaired) electrons. The highest BCUT2D eigenvalue weighted by atomic mass is 16.3. The van der Waals surface area contributed by atoms with Crippen molar-refractivity contribution in [1.29, 1.82) is 0 Å². The van der Waals surface area contributed by atoms with Crippen LogP contribution in [0.5, 0.6) is 0 Å². The van der Waals surface area contributed by atoms with Crippen molar-refractivity contribution in [1.82, 2.24) is 0 Å². The number of hydrogen-bond acceptors (Lipinski definition) is 1. The minimum atomic E-state index is -0.732. The van der Waals surface area contributed by atoms with Gasteiger partial charge in [-0.2, -0.15) is 0 Å². The summed E-state index contributed by atoms with van der Waals surface area (Å²) >= 11 is 0. The van der Waals surface area contributed by atoms with Gasteiger partial charge >= 0.3 is 0 Å². The summed E-state index contributed by atoms with van der Waals surface area (Å²) < 4.78 is 0. The monoisotopic (exact) mass is 166 g/mol. The number of rotatable bonds is 3. The van der Waals surface area contributed by atoms with Crippen molar-refractivity contribution in [2.45, 2.75) is 33.8 Å². The number of hydrogen-bond donors (Lipinski definition) is 1. The summed E-state index contributed by atoms with van der Waals surface area (Å²) in [6, 6.07) is 0.